The molecule has 11 nitrogen and oxygen atoms in total. The van der Waals surface area contributed by atoms with Crippen LogP contribution in [0.2, 0.25) is 0 Å². The molecule has 3 aromatic rings. The highest BCUT2D eigenvalue weighted by atomic mass is 16.7. The molecule has 0 saturated heterocycles. The minimum Gasteiger partial charge on any atom is -0.507 e. The van der Waals surface area contributed by atoms with Crippen molar-refractivity contribution in [2.45, 2.75) is 25.0 Å². The lowest BCUT2D eigenvalue weighted by Gasteiger charge is -2.51. The molecular formula is C35H32N2O9. The number of aliphatic hydroxyl groups is 1. The summed E-state index contributed by atoms with van der Waals surface area (Å²) >= 11 is 0. The summed E-state index contributed by atoms with van der Waals surface area (Å²) in [6.45, 7) is 0.106. The number of carbonyl (C=O) groups excluding carboxylic acids is 4. The number of nitrogens with two attached hydrogens (primary N) is 1. The average Bonchev–Trinajstić information content (AvgIpc) is 3.50. The number of phenolic OH excluding ortho intramolecular Hbond substituents is 1. The predicted molar refractivity (Wildman–Crippen MR) is 162 cm³/mol. The van der Waals surface area contributed by atoms with Crippen LogP contribution >= 0.6 is 0 Å². The summed E-state index contributed by atoms with van der Waals surface area (Å²) in [5.74, 6) is -7.99. The lowest BCUT2D eigenvalue weighted by molar-refractivity contribution is -0.170. The Morgan fingerprint density at radius 3 is 2.48 bits per heavy atom. The number of benzene rings is 3. The van der Waals surface area contributed by atoms with Gasteiger partial charge in [0.05, 0.1) is 17.2 Å². The van der Waals surface area contributed by atoms with Crippen molar-refractivity contribution in [2.24, 2.45) is 29.4 Å². The van der Waals surface area contributed by atoms with Crippen LogP contribution < -0.4 is 15.2 Å². The number of aromatic hydroxyl groups is 1. The molecule has 236 valence electrons. The van der Waals surface area contributed by atoms with Crippen LogP contribution in [-0.2, 0) is 32.1 Å². The fraction of sp³-hybridized carbons (Fsp3) is 0.314. The molecule has 1 saturated carbocycles. The number of nitrogens with zero attached hydrogens (tertiary/aromatic N) is 1. The lowest BCUT2D eigenvalue weighted by Crippen LogP contribution is -2.68. The summed E-state index contributed by atoms with van der Waals surface area (Å²) in [7, 11) is 3.34. The number of Topliss-reactive ketones (excluding diaryl/α,β-unsaturated/α-hetero) is 3. The van der Waals surface area contributed by atoms with E-state index in [-0.39, 0.29) is 43.3 Å². The van der Waals surface area contributed by atoms with Gasteiger partial charge in [-0.25, -0.2) is 0 Å². The molecule has 4 aliphatic rings. The van der Waals surface area contributed by atoms with Crippen LogP contribution in [-0.4, -0.2) is 64.9 Å². The maximum atomic E-state index is 14.3. The summed E-state index contributed by atoms with van der Waals surface area (Å²) in [5, 5.41) is 23.0. The predicted octanol–water partition coefficient (Wildman–Crippen LogP) is 2.75. The first kappa shape index (κ1) is 29.5. The molecular weight excluding hydrogens is 592 g/mol. The van der Waals surface area contributed by atoms with Crippen LogP contribution in [0.15, 0.2) is 72.1 Å². The first-order valence-corrected chi connectivity index (χ1v) is 15.0. The zero-order valence-electron chi connectivity index (χ0n) is 25.2. The minimum atomic E-state index is -2.71. The molecule has 3 aromatic carbocycles. The highest BCUT2D eigenvalue weighted by molar-refractivity contribution is 6.26. The Balaban J connectivity index is 1.34. The van der Waals surface area contributed by atoms with E-state index < -0.39 is 52.5 Å². The molecule has 1 aliphatic heterocycles. The molecule has 3 unspecified atom stereocenters. The third-order valence-electron chi connectivity index (χ3n) is 9.63. The van der Waals surface area contributed by atoms with Crippen LogP contribution in [0.25, 0.3) is 11.1 Å². The minimum absolute atomic E-state index is 0.0136. The number of rotatable bonds is 6. The van der Waals surface area contributed by atoms with Crippen molar-refractivity contribution in [3.8, 4) is 28.4 Å². The van der Waals surface area contributed by atoms with E-state index in [1.807, 2.05) is 36.4 Å². The maximum absolute atomic E-state index is 14.3. The second-order valence-corrected chi connectivity index (χ2v) is 12.4. The second kappa shape index (κ2) is 10.7. The summed E-state index contributed by atoms with van der Waals surface area (Å²) in [5.41, 5.74) is 6.00. The van der Waals surface area contributed by atoms with E-state index in [1.54, 1.807) is 37.2 Å². The van der Waals surface area contributed by atoms with E-state index in [9.17, 15) is 29.4 Å². The monoisotopic (exact) mass is 624 g/mol. The second-order valence-electron chi connectivity index (χ2n) is 12.4. The molecule has 5 atom stereocenters. The number of phenols is 1. The molecule has 0 spiro atoms. The van der Waals surface area contributed by atoms with Gasteiger partial charge >= 0.3 is 0 Å². The molecule has 3 aliphatic carbocycles. The van der Waals surface area contributed by atoms with Gasteiger partial charge in [0.2, 0.25) is 12.7 Å². The van der Waals surface area contributed by atoms with Gasteiger partial charge in [0, 0.05) is 20.0 Å². The summed E-state index contributed by atoms with van der Waals surface area (Å²) in [6.07, 6.45) is 0.258. The highest BCUT2D eigenvalue weighted by Gasteiger charge is 2.67. The molecule has 1 heterocycles. The van der Waals surface area contributed by atoms with Crippen molar-refractivity contribution in [3.63, 3.8) is 0 Å². The normalized spacial score (nSPS) is 26.3. The zero-order valence-corrected chi connectivity index (χ0v) is 25.2. The number of amides is 1. The molecule has 11 heteroatoms. The number of hydrogen-bond acceptors (Lipinski definition) is 10. The molecule has 0 bridgehead atoms. The van der Waals surface area contributed by atoms with Crippen LogP contribution in [0.1, 0.15) is 27.9 Å². The molecule has 7 rings (SSSR count). The Morgan fingerprint density at radius 2 is 1.76 bits per heavy atom. The van der Waals surface area contributed by atoms with Gasteiger partial charge in [-0.15, -0.1) is 0 Å². The van der Waals surface area contributed by atoms with Crippen LogP contribution in [0.3, 0.4) is 0 Å². The van der Waals surface area contributed by atoms with Crippen molar-refractivity contribution in [3.05, 3.63) is 88.8 Å². The van der Waals surface area contributed by atoms with Gasteiger partial charge in [-0.2, -0.15) is 0 Å². The van der Waals surface area contributed by atoms with E-state index in [2.05, 4.69) is 0 Å². The molecule has 0 aromatic heterocycles. The number of primary amides is 1. The van der Waals surface area contributed by atoms with E-state index in [0.717, 1.165) is 11.1 Å². The summed E-state index contributed by atoms with van der Waals surface area (Å²) < 4.78 is 17.1. The summed E-state index contributed by atoms with van der Waals surface area (Å²) in [4.78, 5) is 57.0. The van der Waals surface area contributed by atoms with E-state index in [1.165, 1.54) is 6.07 Å². The number of hydrogen-bond donors (Lipinski definition) is 3. The number of ketones is 3. The van der Waals surface area contributed by atoms with Crippen LogP contribution in [0, 0.1) is 23.7 Å². The Bertz CT molecular complexity index is 1850. The van der Waals surface area contributed by atoms with Gasteiger partial charge in [-0.05, 0) is 59.2 Å². The molecule has 0 radical (unpaired) electrons. The van der Waals surface area contributed by atoms with E-state index >= 15 is 0 Å². The molecule has 1 amide bonds. The first-order valence-electron chi connectivity index (χ1n) is 15.0. The fourth-order valence-electron chi connectivity index (χ4n) is 7.59. The Kier molecular flexibility index (Phi) is 6.89. The molecule has 46 heavy (non-hydrogen) atoms. The Hall–Kier alpha value is -5.16. The van der Waals surface area contributed by atoms with Crippen molar-refractivity contribution >= 4 is 23.3 Å². The number of carbonyl (C=O) groups is 4. The van der Waals surface area contributed by atoms with Crippen LogP contribution in [0.4, 0.5) is 0 Å². The van der Waals surface area contributed by atoms with Crippen molar-refractivity contribution in [1.82, 2.24) is 4.90 Å². The van der Waals surface area contributed by atoms with Crippen molar-refractivity contribution in [1.29, 1.82) is 0 Å². The number of fused-ring (bicyclic) bond motifs is 4. The largest absolute Gasteiger partial charge is 0.507 e. The Morgan fingerprint density at radius 1 is 1.02 bits per heavy atom. The topological polar surface area (TPSA) is 166 Å². The van der Waals surface area contributed by atoms with Gasteiger partial charge in [0.15, 0.2) is 40.4 Å². The smallest absolute Gasteiger partial charge is 0.235 e. The quantitative estimate of drug-likeness (QED) is 0.347. The van der Waals surface area contributed by atoms with Gasteiger partial charge < -0.3 is 35.1 Å². The average molecular weight is 625 g/mol. The maximum Gasteiger partial charge on any atom is 0.235 e. The van der Waals surface area contributed by atoms with E-state index in [0.29, 0.717) is 28.3 Å². The highest BCUT2D eigenvalue weighted by Crippen LogP contribution is 2.54. The molecule has 4 N–H and O–H groups in total. The Labute approximate surface area is 264 Å². The van der Waals surface area contributed by atoms with Crippen LogP contribution in [0.5, 0.6) is 17.2 Å². The van der Waals surface area contributed by atoms with Gasteiger partial charge in [-0.1, -0.05) is 42.5 Å². The lowest BCUT2D eigenvalue weighted by atomic mass is 9.54. The van der Waals surface area contributed by atoms with E-state index in [4.69, 9.17) is 19.9 Å². The summed E-state index contributed by atoms with van der Waals surface area (Å²) in [6, 6.07) is 17.6. The fourth-order valence-corrected chi connectivity index (χ4v) is 7.59. The third-order valence-corrected chi connectivity index (χ3v) is 9.63. The SMILES string of the molecule is CN(C)C1=C(OCc2ccccc2)C(C(N)=O)C(=O)[C@@]2(O)C(=O)C3C(=O)c4c(O)ccc(-c5ccc6c(c5)OCO6)c4C[C@H]3CC12. The van der Waals surface area contributed by atoms with Crippen molar-refractivity contribution < 1.29 is 43.6 Å². The van der Waals surface area contributed by atoms with Gasteiger partial charge in [0.25, 0.3) is 0 Å². The van der Waals surface area contributed by atoms with Gasteiger partial charge in [-0.3, -0.25) is 19.2 Å². The third kappa shape index (κ3) is 4.29. The first-order chi connectivity index (χ1) is 22.0. The molecule has 1 fully saturated rings. The zero-order chi connectivity index (χ0) is 32.5. The number of ether oxygens (including phenoxy) is 3. The van der Waals surface area contributed by atoms with Gasteiger partial charge in [0.1, 0.15) is 18.1 Å². The van der Waals surface area contributed by atoms with Crippen molar-refractivity contribution in [2.75, 3.05) is 20.9 Å². The standard InChI is InChI=1S/C35H32N2O9/c1-37(2)29-22-13-19-12-21-20(18-8-11-24-25(14-18)46-16-45-24)9-10-23(38)27(21)30(39)26(19)32(40)35(22,43)33(41)28(34(36)42)31(29)44-15-17-6-4-3-5-7-17/h3-11,14,19,22,26,28,38,43H,12-13,15-16H2,1-2H3,(H2,36,42)/t19-,22?,26?,28?,35-/m0/s1.